The van der Waals surface area contributed by atoms with Crippen molar-refractivity contribution in [1.82, 2.24) is 4.90 Å². The van der Waals surface area contributed by atoms with Crippen LogP contribution in [0.4, 0.5) is 9.18 Å². The fourth-order valence-electron chi connectivity index (χ4n) is 2.22. The summed E-state index contributed by atoms with van der Waals surface area (Å²) in [6, 6.07) is 8.71. The van der Waals surface area contributed by atoms with Crippen LogP contribution in [0.3, 0.4) is 0 Å². The van der Waals surface area contributed by atoms with Gasteiger partial charge < -0.3 is 5.11 Å². The van der Waals surface area contributed by atoms with Crippen LogP contribution in [0.15, 0.2) is 41.3 Å². The topological polar surface area (TPSA) is 57.6 Å². The minimum absolute atomic E-state index is 0.0196. The number of carbonyl (C=O) groups is 2. The van der Waals surface area contributed by atoms with E-state index in [1.165, 1.54) is 18.2 Å². The molecule has 2 aromatic carbocycles. The SMILES string of the molecule is O=C1S/C(=C/c2ccc(O)c(I)c2)C(=O)N1Cc1ccc(F)cc1Cl. The highest BCUT2D eigenvalue weighted by atomic mass is 127. The van der Waals surface area contributed by atoms with Gasteiger partial charge >= 0.3 is 0 Å². The minimum atomic E-state index is -0.482. The summed E-state index contributed by atoms with van der Waals surface area (Å²) in [5, 5.41) is 9.30. The zero-order valence-corrected chi connectivity index (χ0v) is 16.2. The third-order valence-electron chi connectivity index (χ3n) is 3.49. The Morgan fingerprint density at radius 1 is 1.24 bits per heavy atom. The number of hydrogen-bond donors (Lipinski definition) is 1. The number of benzene rings is 2. The molecule has 0 bridgehead atoms. The summed E-state index contributed by atoms with van der Waals surface area (Å²) >= 11 is 8.78. The highest BCUT2D eigenvalue weighted by Crippen LogP contribution is 2.34. The van der Waals surface area contributed by atoms with Crippen LogP contribution < -0.4 is 0 Å². The van der Waals surface area contributed by atoms with E-state index in [0.717, 1.165) is 22.7 Å². The molecule has 0 aromatic heterocycles. The number of imide groups is 1. The zero-order valence-electron chi connectivity index (χ0n) is 12.5. The number of phenols is 1. The largest absolute Gasteiger partial charge is 0.507 e. The number of phenolic OH excluding ortho intramolecular Hbond substituents is 1. The maximum Gasteiger partial charge on any atom is 0.293 e. The van der Waals surface area contributed by atoms with Crippen molar-refractivity contribution in [2.75, 3.05) is 0 Å². The second-order valence-corrected chi connectivity index (χ2v) is 7.78. The average molecular weight is 490 g/mol. The molecular weight excluding hydrogens is 480 g/mol. The van der Waals surface area contributed by atoms with Crippen LogP contribution in [0, 0.1) is 9.39 Å². The lowest BCUT2D eigenvalue weighted by Gasteiger charge is -2.13. The third kappa shape index (κ3) is 3.99. The summed E-state index contributed by atoms with van der Waals surface area (Å²) in [5.74, 6) is -0.764. The molecule has 8 heteroatoms. The van der Waals surface area contributed by atoms with Gasteiger partial charge in [0.05, 0.1) is 15.0 Å². The van der Waals surface area contributed by atoms with Crippen molar-refractivity contribution in [3.8, 4) is 5.75 Å². The van der Waals surface area contributed by atoms with E-state index in [4.69, 9.17) is 11.6 Å². The Kier molecular flexibility index (Phi) is 5.35. The lowest BCUT2D eigenvalue weighted by Crippen LogP contribution is -2.27. The van der Waals surface area contributed by atoms with Crippen molar-refractivity contribution in [3.05, 3.63) is 66.8 Å². The number of hydrogen-bond acceptors (Lipinski definition) is 4. The molecule has 0 aliphatic carbocycles. The lowest BCUT2D eigenvalue weighted by atomic mass is 10.2. The Morgan fingerprint density at radius 3 is 2.68 bits per heavy atom. The van der Waals surface area contributed by atoms with E-state index in [2.05, 4.69) is 0 Å². The van der Waals surface area contributed by atoms with Crippen LogP contribution in [0.25, 0.3) is 6.08 Å². The predicted molar refractivity (Wildman–Crippen MR) is 104 cm³/mol. The van der Waals surface area contributed by atoms with E-state index >= 15 is 0 Å². The van der Waals surface area contributed by atoms with Gasteiger partial charge in [-0.05, 0) is 75.8 Å². The summed E-state index contributed by atoms with van der Waals surface area (Å²) in [6.07, 6.45) is 1.60. The second kappa shape index (κ2) is 7.35. The molecule has 0 radical (unpaired) electrons. The molecule has 1 saturated heterocycles. The van der Waals surface area contributed by atoms with E-state index in [9.17, 15) is 19.1 Å². The summed E-state index contributed by atoms with van der Waals surface area (Å²) < 4.78 is 13.8. The van der Waals surface area contributed by atoms with Crippen LogP contribution in [0.5, 0.6) is 5.75 Å². The van der Waals surface area contributed by atoms with Gasteiger partial charge in [0.15, 0.2) is 0 Å². The zero-order chi connectivity index (χ0) is 18.1. The number of carbonyl (C=O) groups excluding carboxylic acids is 2. The van der Waals surface area contributed by atoms with Crippen molar-refractivity contribution in [2.24, 2.45) is 0 Å². The molecule has 0 atom stereocenters. The van der Waals surface area contributed by atoms with Gasteiger partial charge in [0.2, 0.25) is 0 Å². The molecule has 1 N–H and O–H groups in total. The molecule has 0 spiro atoms. The van der Waals surface area contributed by atoms with Gasteiger partial charge in [0.25, 0.3) is 11.1 Å². The highest BCUT2D eigenvalue weighted by molar-refractivity contribution is 14.1. The van der Waals surface area contributed by atoms with E-state index in [1.807, 2.05) is 22.6 Å². The lowest BCUT2D eigenvalue weighted by molar-refractivity contribution is -0.123. The normalized spacial score (nSPS) is 16.1. The summed E-state index contributed by atoms with van der Waals surface area (Å²) in [6.45, 7) is -0.0196. The van der Waals surface area contributed by atoms with Gasteiger partial charge in [-0.1, -0.05) is 23.7 Å². The fourth-order valence-corrected chi connectivity index (χ4v) is 3.83. The first-order valence-electron chi connectivity index (χ1n) is 7.03. The summed E-state index contributed by atoms with van der Waals surface area (Å²) in [5.41, 5.74) is 1.19. The number of aromatic hydroxyl groups is 1. The average Bonchev–Trinajstić information content (AvgIpc) is 2.81. The number of nitrogens with zero attached hydrogens (tertiary/aromatic N) is 1. The van der Waals surface area contributed by atoms with Gasteiger partial charge in [-0.25, -0.2) is 4.39 Å². The Bertz CT molecular complexity index is 919. The number of halogens is 3. The van der Waals surface area contributed by atoms with E-state index in [0.29, 0.717) is 14.7 Å². The number of rotatable bonds is 3. The highest BCUT2D eigenvalue weighted by Gasteiger charge is 2.35. The molecule has 0 saturated carbocycles. The molecule has 1 aliphatic heterocycles. The van der Waals surface area contributed by atoms with Gasteiger partial charge in [-0.3, -0.25) is 14.5 Å². The Balaban J connectivity index is 1.84. The van der Waals surface area contributed by atoms with E-state index < -0.39 is 17.0 Å². The van der Waals surface area contributed by atoms with Gasteiger partial charge in [0, 0.05) is 5.02 Å². The molecule has 2 amide bonds. The van der Waals surface area contributed by atoms with Crippen molar-refractivity contribution in [2.45, 2.75) is 6.54 Å². The smallest absolute Gasteiger partial charge is 0.293 e. The minimum Gasteiger partial charge on any atom is -0.507 e. The number of amides is 2. The Labute approximate surface area is 165 Å². The molecule has 4 nitrogen and oxygen atoms in total. The monoisotopic (exact) mass is 489 g/mol. The quantitative estimate of drug-likeness (QED) is 0.486. The fraction of sp³-hybridized carbons (Fsp3) is 0.0588. The molecule has 1 heterocycles. The van der Waals surface area contributed by atoms with Crippen LogP contribution in [0.1, 0.15) is 11.1 Å². The maximum absolute atomic E-state index is 13.1. The first-order valence-corrected chi connectivity index (χ1v) is 9.30. The van der Waals surface area contributed by atoms with Crippen LogP contribution >= 0.6 is 46.0 Å². The summed E-state index contributed by atoms with van der Waals surface area (Å²) in [7, 11) is 0. The second-order valence-electron chi connectivity index (χ2n) is 5.21. The predicted octanol–water partition coefficient (Wildman–Crippen LogP) is 5.03. The molecule has 3 rings (SSSR count). The number of thioether (sulfide) groups is 1. The molecule has 25 heavy (non-hydrogen) atoms. The summed E-state index contributed by atoms with van der Waals surface area (Å²) in [4.78, 5) is 26.0. The van der Waals surface area contributed by atoms with E-state index in [1.54, 1.807) is 18.2 Å². The van der Waals surface area contributed by atoms with Crippen LogP contribution in [-0.2, 0) is 11.3 Å². The van der Waals surface area contributed by atoms with Gasteiger partial charge in [-0.2, -0.15) is 0 Å². The first-order chi connectivity index (χ1) is 11.8. The van der Waals surface area contributed by atoms with E-state index in [-0.39, 0.29) is 22.2 Å². The molecule has 128 valence electrons. The Morgan fingerprint density at radius 2 is 2.00 bits per heavy atom. The van der Waals surface area contributed by atoms with Crippen LogP contribution in [0.2, 0.25) is 5.02 Å². The standard InChI is InChI=1S/C17H10ClFINO3S/c18-12-7-11(19)3-2-10(12)8-21-16(23)15(25-17(21)24)6-9-1-4-14(22)13(20)5-9/h1-7,22H,8H2/b15-6+. The molecule has 1 fully saturated rings. The van der Waals surface area contributed by atoms with Gasteiger partial charge in [0.1, 0.15) is 11.6 Å². The van der Waals surface area contributed by atoms with Crippen molar-refractivity contribution >= 4 is 63.2 Å². The Hall–Kier alpha value is -1.58. The first kappa shape index (κ1) is 18.2. The molecule has 1 aliphatic rings. The van der Waals surface area contributed by atoms with Crippen LogP contribution in [-0.4, -0.2) is 21.2 Å². The van der Waals surface area contributed by atoms with Crippen molar-refractivity contribution < 1.29 is 19.1 Å². The van der Waals surface area contributed by atoms with Crippen molar-refractivity contribution in [3.63, 3.8) is 0 Å². The third-order valence-corrected chi connectivity index (χ3v) is 5.61. The molecule has 2 aromatic rings. The molecular formula is C17H10ClFINO3S. The van der Waals surface area contributed by atoms with Crippen molar-refractivity contribution in [1.29, 1.82) is 0 Å². The maximum atomic E-state index is 13.1. The van der Waals surface area contributed by atoms with Gasteiger partial charge in [-0.15, -0.1) is 0 Å². The molecule has 0 unspecified atom stereocenters.